The van der Waals surface area contributed by atoms with Gasteiger partial charge in [0.2, 0.25) is 0 Å². The third kappa shape index (κ3) is 5.13. The minimum absolute atomic E-state index is 0.196. The summed E-state index contributed by atoms with van der Waals surface area (Å²) in [7, 11) is 0. The number of amides is 1. The van der Waals surface area contributed by atoms with E-state index in [9.17, 15) is 4.79 Å². The Bertz CT molecular complexity index is 716. The molecule has 4 nitrogen and oxygen atoms in total. The van der Waals surface area contributed by atoms with Crippen molar-refractivity contribution < 1.29 is 14.3 Å². The second-order valence-corrected chi connectivity index (χ2v) is 5.93. The van der Waals surface area contributed by atoms with Gasteiger partial charge in [0.1, 0.15) is 18.1 Å². The van der Waals surface area contributed by atoms with Gasteiger partial charge in [-0.2, -0.15) is 0 Å². The molecule has 0 unspecified atom stereocenters. The van der Waals surface area contributed by atoms with E-state index in [1.54, 1.807) is 24.3 Å². The van der Waals surface area contributed by atoms with Gasteiger partial charge in [0.05, 0.1) is 11.1 Å². The van der Waals surface area contributed by atoms with Crippen molar-refractivity contribution in [2.75, 3.05) is 18.5 Å². The van der Waals surface area contributed by atoms with Crippen molar-refractivity contribution in [1.29, 1.82) is 0 Å². The lowest BCUT2D eigenvalue weighted by Gasteiger charge is -2.10. The van der Waals surface area contributed by atoms with Crippen LogP contribution >= 0.6 is 15.9 Å². The van der Waals surface area contributed by atoms with Crippen molar-refractivity contribution in [1.82, 2.24) is 0 Å². The van der Waals surface area contributed by atoms with Gasteiger partial charge in [-0.3, -0.25) is 4.79 Å². The molecule has 2 aromatic rings. The van der Waals surface area contributed by atoms with E-state index in [1.807, 2.05) is 31.2 Å². The van der Waals surface area contributed by atoms with Crippen molar-refractivity contribution in [2.24, 2.45) is 0 Å². The third-order valence-corrected chi connectivity index (χ3v) is 3.74. The van der Waals surface area contributed by atoms with Crippen molar-refractivity contribution in [3.63, 3.8) is 0 Å². The van der Waals surface area contributed by atoms with Gasteiger partial charge in [-0.1, -0.05) is 25.6 Å². The lowest BCUT2D eigenvalue weighted by Crippen LogP contribution is -2.12. The number of hydrogen-bond donors (Lipinski definition) is 1. The molecule has 0 aromatic heterocycles. The third-order valence-electron chi connectivity index (χ3n) is 3.12. The van der Waals surface area contributed by atoms with E-state index < -0.39 is 0 Å². The van der Waals surface area contributed by atoms with E-state index in [2.05, 4.69) is 27.8 Å². The van der Waals surface area contributed by atoms with Crippen LogP contribution in [0.1, 0.15) is 23.7 Å². The van der Waals surface area contributed by atoms with E-state index >= 15 is 0 Å². The first kappa shape index (κ1) is 18.1. The molecule has 5 heteroatoms. The number of halogens is 1. The Morgan fingerprint density at radius 2 is 2.08 bits per heavy atom. The standard InChI is InChI=1S/C19H20BrNO3/c1-3-10-23-16-7-5-6-15(13-16)21-19(22)14-8-9-18(17(20)12-14)24-11-4-2/h4-9,12-13H,2-3,10-11H2,1H3,(H,21,22). The average Bonchev–Trinajstić information content (AvgIpc) is 2.59. The fourth-order valence-corrected chi connectivity index (χ4v) is 2.49. The minimum atomic E-state index is -0.196. The summed E-state index contributed by atoms with van der Waals surface area (Å²) in [6, 6.07) is 12.6. The quantitative estimate of drug-likeness (QED) is 0.642. The van der Waals surface area contributed by atoms with Gasteiger partial charge in [0.15, 0.2) is 0 Å². The van der Waals surface area contributed by atoms with Crippen LogP contribution in [0.15, 0.2) is 59.6 Å². The van der Waals surface area contributed by atoms with Crippen molar-refractivity contribution in [3.8, 4) is 11.5 Å². The predicted molar refractivity (Wildman–Crippen MR) is 100 cm³/mol. The molecule has 0 radical (unpaired) electrons. The number of carbonyl (C=O) groups is 1. The molecule has 0 aliphatic heterocycles. The fraction of sp³-hybridized carbons (Fsp3) is 0.211. The highest BCUT2D eigenvalue weighted by Gasteiger charge is 2.10. The average molecular weight is 390 g/mol. The zero-order valence-electron chi connectivity index (χ0n) is 13.5. The Morgan fingerprint density at radius 1 is 1.25 bits per heavy atom. The first-order valence-corrected chi connectivity index (χ1v) is 8.50. The Kier molecular flexibility index (Phi) is 6.88. The molecule has 1 amide bonds. The van der Waals surface area contributed by atoms with Gasteiger partial charge < -0.3 is 14.8 Å². The number of carbonyl (C=O) groups excluding carboxylic acids is 1. The normalized spacial score (nSPS) is 10.1. The summed E-state index contributed by atoms with van der Waals surface area (Å²) >= 11 is 3.41. The van der Waals surface area contributed by atoms with Gasteiger partial charge in [-0.05, 0) is 52.7 Å². The molecule has 0 spiro atoms. The lowest BCUT2D eigenvalue weighted by molar-refractivity contribution is 0.102. The summed E-state index contributed by atoms with van der Waals surface area (Å²) in [5, 5.41) is 2.87. The Labute approximate surface area is 150 Å². The van der Waals surface area contributed by atoms with Crippen LogP contribution in [0.4, 0.5) is 5.69 Å². The summed E-state index contributed by atoms with van der Waals surface area (Å²) in [4.78, 5) is 12.4. The smallest absolute Gasteiger partial charge is 0.255 e. The van der Waals surface area contributed by atoms with Gasteiger partial charge in [-0.25, -0.2) is 0 Å². The first-order chi connectivity index (χ1) is 11.6. The second-order valence-electron chi connectivity index (χ2n) is 5.08. The van der Waals surface area contributed by atoms with Crippen LogP contribution < -0.4 is 14.8 Å². The molecule has 24 heavy (non-hydrogen) atoms. The zero-order chi connectivity index (χ0) is 17.4. The summed E-state index contributed by atoms with van der Waals surface area (Å²) in [6.07, 6.45) is 2.60. The highest BCUT2D eigenvalue weighted by molar-refractivity contribution is 9.10. The van der Waals surface area contributed by atoms with E-state index in [0.717, 1.165) is 16.6 Å². The SMILES string of the molecule is C=CCOc1ccc(C(=O)Nc2cccc(OCCC)c2)cc1Br. The maximum atomic E-state index is 12.4. The Hall–Kier alpha value is -2.27. The van der Waals surface area contributed by atoms with Crippen molar-refractivity contribution in [3.05, 3.63) is 65.2 Å². The molecular weight excluding hydrogens is 370 g/mol. The number of ether oxygens (including phenoxy) is 2. The first-order valence-electron chi connectivity index (χ1n) is 7.71. The van der Waals surface area contributed by atoms with Crippen molar-refractivity contribution in [2.45, 2.75) is 13.3 Å². The van der Waals surface area contributed by atoms with Crippen molar-refractivity contribution >= 4 is 27.5 Å². The number of nitrogens with one attached hydrogen (secondary N) is 1. The fourth-order valence-electron chi connectivity index (χ4n) is 1.99. The largest absolute Gasteiger partial charge is 0.494 e. The molecule has 1 N–H and O–H groups in total. The zero-order valence-corrected chi connectivity index (χ0v) is 15.1. The molecule has 0 saturated heterocycles. The number of anilines is 1. The highest BCUT2D eigenvalue weighted by Crippen LogP contribution is 2.26. The van der Waals surface area contributed by atoms with Gasteiger partial charge in [0.25, 0.3) is 5.91 Å². The summed E-state index contributed by atoms with van der Waals surface area (Å²) in [5.74, 6) is 1.21. The predicted octanol–water partition coefficient (Wildman–Crippen LogP) is 5.06. The summed E-state index contributed by atoms with van der Waals surface area (Å²) in [6.45, 7) is 6.72. The second kappa shape index (κ2) is 9.13. The van der Waals surface area contributed by atoms with Crippen LogP contribution in [0, 0.1) is 0 Å². The summed E-state index contributed by atoms with van der Waals surface area (Å²) in [5.41, 5.74) is 1.23. The molecule has 0 aliphatic carbocycles. The molecule has 0 fully saturated rings. The molecule has 0 saturated carbocycles. The molecule has 2 aromatic carbocycles. The maximum absolute atomic E-state index is 12.4. The monoisotopic (exact) mass is 389 g/mol. The number of benzene rings is 2. The van der Waals surface area contributed by atoms with Gasteiger partial charge >= 0.3 is 0 Å². The topological polar surface area (TPSA) is 47.6 Å². The Balaban J connectivity index is 2.06. The van der Waals surface area contributed by atoms with Crippen LogP contribution in [-0.4, -0.2) is 19.1 Å². The van der Waals surface area contributed by atoms with E-state index in [-0.39, 0.29) is 5.91 Å². The Morgan fingerprint density at radius 3 is 2.79 bits per heavy atom. The van der Waals surface area contributed by atoms with E-state index in [4.69, 9.17) is 9.47 Å². The van der Waals surface area contributed by atoms with E-state index in [0.29, 0.717) is 30.2 Å². The molecule has 126 valence electrons. The lowest BCUT2D eigenvalue weighted by atomic mass is 10.2. The molecule has 2 rings (SSSR count). The van der Waals surface area contributed by atoms with Gasteiger partial charge in [0, 0.05) is 17.3 Å². The minimum Gasteiger partial charge on any atom is -0.494 e. The number of hydrogen-bond acceptors (Lipinski definition) is 3. The maximum Gasteiger partial charge on any atom is 0.255 e. The molecule has 0 bridgehead atoms. The van der Waals surface area contributed by atoms with Gasteiger partial charge in [-0.15, -0.1) is 0 Å². The molecule has 0 atom stereocenters. The van der Waals surface area contributed by atoms with Crippen LogP contribution in [-0.2, 0) is 0 Å². The van der Waals surface area contributed by atoms with Crippen LogP contribution in [0.5, 0.6) is 11.5 Å². The highest BCUT2D eigenvalue weighted by atomic mass is 79.9. The number of rotatable bonds is 8. The van der Waals surface area contributed by atoms with Crippen LogP contribution in [0.25, 0.3) is 0 Å². The molecule has 0 aliphatic rings. The summed E-state index contributed by atoms with van der Waals surface area (Å²) < 4.78 is 11.8. The molecule has 0 heterocycles. The molecular formula is C19H20BrNO3. The van der Waals surface area contributed by atoms with Crippen LogP contribution in [0.3, 0.4) is 0 Å². The van der Waals surface area contributed by atoms with Crippen LogP contribution in [0.2, 0.25) is 0 Å². The van der Waals surface area contributed by atoms with E-state index in [1.165, 1.54) is 0 Å².